The maximum absolute atomic E-state index is 6.67. The average molecular weight is 323 g/mol. The Morgan fingerprint density at radius 1 is 0.739 bits per heavy atom. The number of halogens is 1. The number of benzene rings is 3. The zero-order valence-corrected chi connectivity index (χ0v) is 14.0. The summed E-state index contributed by atoms with van der Waals surface area (Å²) in [5.41, 5.74) is 2.08. The molecule has 0 atom stereocenters. The van der Waals surface area contributed by atoms with Gasteiger partial charge in [0, 0.05) is 5.41 Å². The van der Waals surface area contributed by atoms with Crippen LogP contribution < -0.4 is 4.74 Å². The smallest absolute Gasteiger partial charge is 0.146 e. The lowest BCUT2D eigenvalue weighted by Gasteiger charge is -2.27. The fourth-order valence-corrected chi connectivity index (χ4v) is 3.10. The van der Waals surface area contributed by atoms with Crippen LogP contribution in [0.15, 0.2) is 78.9 Å². The molecule has 0 radical (unpaired) electrons. The number of ether oxygens (including phenoxy) is 1. The van der Waals surface area contributed by atoms with Crippen LogP contribution in [0.3, 0.4) is 0 Å². The molecule has 3 aromatic rings. The van der Waals surface area contributed by atoms with Gasteiger partial charge >= 0.3 is 0 Å². The van der Waals surface area contributed by atoms with E-state index < -0.39 is 0 Å². The minimum Gasteiger partial charge on any atom is -0.456 e. The van der Waals surface area contributed by atoms with Gasteiger partial charge in [0.1, 0.15) is 11.5 Å². The highest BCUT2D eigenvalue weighted by molar-refractivity contribution is 6.33. The molecule has 0 N–H and O–H groups in total. The lowest BCUT2D eigenvalue weighted by molar-refractivity contribution is 0.480. The second kappa shape index (κ2) is 6.47. The van der Waals surface area contributed by atoms with Crippen LogP contribution in [-0.2, 0) is 5.41 Å². The molecule has 3 aromatic carbocycles. The van der Waals surface area contributed by atoms with Gasteiger partial charge in [-0.25, -0.2) is 0 Å². The highest BCUT2D eigenvalue weighted by atomic mass is 35.5. The first-order valence-electron chi connectivity index (χ1n) is 7.66. The van der Waals surface area contributed by atoms with Crippen LogP contribution in [0.5, 0.6) is 11.5 Å². The van der Waals surface area contributed by atoms with Crippen molar-refractivity contribution < 1.29 is 4.74 Å². The standard InChI is InChI=1S/C21H19ClO/c1-21(2,16-10-5-3-6-11-16)18-14-9-15-19(20(18)22)23-17-12-7-4-8-13-17/h3-15H,1-2H3. The van der Waals surface area contributed by atoms with Crippen molar-refractivity contribution in [1.29, 1.82) is 0 Å². The number of rotatable bonds is 4. The monoisotopic (exact) mass is 322 g/mol. The summed E-state index contributed by atoms with van der Waals surface area (Å²) >= 11 is 6.67. The predicted octanol–water partition coefficient (Wildman–Crippen LogP) is 6.46. The first-order valence-corrected chi connectivity index (χ1v) is 8.04. The van der Waals surface area contributed by atoms with Crippen LogP contribution >= 0.6 is 11.6 Å². The number of hydrogen-bond acceptors (Lipinski definition) is 1. The lowest BCUT2D eigenvalue weighted by atomic mass is 9.78. The summed E-state index contributed by atoms with van der Waals surface area (Å²) in [6, 6.07) is 26.0. The molecular formula is C21H19ClO. The van der Waals surface area contributed by atoms with Gasteiger partial charge in [0.15, 0.2) is 0 Å². The van der Waals surface area contributed by atoms with Gasteiger partial charge in [0.25, 0.3) is 0 Å². The summed E-state index contributed by atoms with van der Waals surface area (Å²) in [7, 11) is 0. The second-order valence-electron chi connectivity index (χ2n) is 6.02. The molecule has 0 aromatic heterocycles. The van der Waals surface area contributed by atoms with Crippen LogP contribution in [0.25, 0.3) is 0 Å². The van der Waals surface area contributed by atoms with Gasteiger partial charge in [-0.2, -0.15) is 0 Å². The zero-order valence-electron chi connectivity index (χ0n) is 13.3. The summed E-state index contributed by atoms with van der Waals surface area (Å²) in [5.74, 6) is 1.46. The van der Waals surface area contributed by atoms with Gasteiger partial charge in [-0.15, -0.1) is 0 Å². The third-order valence-electron chi connectivity index (χ3n) is 4.10. The maximum Gasteiger partial charge on any atom is 0.146 e. The van der Waals surface area contributed by atoms with Crippen molar-refractivity contribution in [1.82, 2.24) is 0 Å². The summed E-state index contributed by atoms with van der Waals surface area (Å²) in [4.78, 5) is 0. The molecule has 0 aliphatic rings. The van der Waals surface area contributed by atoms with Gasteiger partial charge in [0.05, 0.1) is 5.02 Å². The third-order valence-corrected chi connectivity index (χ3v) is 4.49. The van der Waals surface area contributed by atoms with Crippen LogP contribution in [0.2, 0.25) is 5.02 Å². The first-order chi connectivity index (χ1) is 11.1. The zero-order chi connectivity index (χ0) is 16.3. The number of hydrogen-bond donors (Lipinski definition) is 0. The fraction of sp³-hybridized carbons (Fsp3) is 0.143. The van der Waals surface area contributed by atoms with Gasteiger partial charge in [-0.3, -0.25) is 0 Å². The van der Waals surface area contributed by atoms with Crippen LogP contribution in [0.1, 0.15) is 25.0 Å². The van der Waals surface area contributed by atoms with E-state index in [1.807, 2.05) is 48.5 Å². The lowest BCUT2D eigenvalue weighted by Crippen LogP contribution is -2.19. The normalized spacial score (nSPS) is 11.3. The van der Waals surface area contributed by atoms with Crippen molar-refractivity contribution in [3.05, 3.63) is 95.0 Å². The molecule has 0 saturated heterocycles. The van der Waals surface area contributed by atoms with E-state index >= 15 is 0 Å². The highest BCUT2D eigenvalue weighted by Gasteiger charge is 2.26. The van der Waals surface area contributed by atoms with E-state index in [0.717, 1.165) is 11.3 Å². The second-order valence-corrected chi connectivity index (χ2v) is 6.40. The largest absolute Gasteiger partial charge is 0.456 e. The average Bonchev–Trinajstić information content (AvgIpc) is 2.58. The first kappa shape index (κ1) is 15.6. The van der Waals surface area contributed by atoms with Crippen molar-refractivity contribution in [2.75, 3.05) is 0 Å². The van der Waals surface area contributed by atoms with Crippen molar-refractivity contribution in [2.45, 2.75) is 19.3 Å². The van der Waals surface area contributed by atoms with Gasteiger partial charge in [-0.1, -0.05) is 86.1 Å². The van der Waals surface area contributed by atoms with Crippen LogP contribution in [-0.4, -0.2) is 0 Å². The van der Waals surface area contributed by atoms with E-state index in [4.69, 9.17) is 16.3 Å². The van der Waals surface area contributed by atoms with Crippen molar-refractivity contribution in [3.63, 3.8) is 0 Å². The predicted molar refractivity (Wildman–Crippen MR) is 96.5 cm³/mol. The highest BCUT2D eigenvalue weighted by Crippen LogP contribution is 2.41. The van der Waals surface area contributed by atoms with E-state index in [0.29, 0.717) is 10.8 Å². The van der Waals surface area contributed by atoms with Crippen LogP contribution in [0.4, 0.5) is 0 Å². The third kappa shape index (κ3) is 3.25. The molecule has 116 valence electrons. The quantitative estimate of drug-likeness (QED) is 0.535. The molecule has 0 aliphatic heterocycles. The summed E-state index contributed by atoms with van der Waals surface area (Å²) < 4.78 is 5.95. The van der Waals surface area contributed by atoms with E-state index in [2.05, 4.69) is 44.2 Å². The molecule has 0 amide bonds. The summed E-state index contributed by atoms with van der Waals surface area (Å²) in [6.07, 6.45) is 0. The Bertz CT molecular complexity index is 779. The van der Waals surface area contributed by atoms with E-state index in [1.165, 1.54) is 5.56 Å². The molecule has 0 fully saturated rings. The maximum atomic E-state index is 6.67. The molecule has 23 heavy (non-hydrogen) atoms. The van der Waals surface area contributed by atoms with Crippen LogP contribution in [0, 0.1) is 0 Å². The Morgan fingerprint density at radius 2 is 1.35 bits per heavy atom. The molecule has 0 saturated carbocycles. The molecule has 0 bridgehead atoms. The van der Waals surface area contributed by atoms with Crippen molar-refractivity contribution in [3.8, 4) is 11.5 Å². The van der Waals surface area contributed by atoms with E-state index in [9.17, 15) is 0 Å². The Morgan fingerprint density at radius 3 is 2.00 bits per heavy atom. The fourth-order valence-electron chi connectivity index (χ4n) is 2.70. The molecular weight excluding hydrogens is 304 g/mol. The Kier molecular flexibility index (Phi) is 4.40. The van der Waals surface area contributed by atoms with E-state index in [1.54, 1.807) is 0 Å². The van der Waals surface area contributed by atoms with Crippen molar-refractivity contribution >= 4 is 11.6 Å². The van der Waals surface area contributed by atoms with Crippen molar-refractivity contribution in [2.24, 2.45) is 0 Å². The number of para-hydroxylation sites is 1. The minimum absolute atomic E-state index is 0.200. The molecule has 0 unspecified atom stereocenters. The summed E-state index contributed by atoms with van der Waals surface area (Å²) in [5, 5.41) is 0.658. The SMILES string of the molecule is CC(C)(c1ccccc1)c1cccc(Oc2ccccc2)c1Cl. The molecule has 1 nitrogen and oxygen atoms in total. The molecule has 0 spiro atoms. The van der Waals surface area contributed by atoms with Gasteiger partial charge in [0.2, 0.25) is 0 Å². The Balaban J connectivity index is 2.00. The molecule has 0 aliphatic carbocycles. The minimum atomic E-state index is -0.200. The Labute approximate surface area is 142 Å². The van der Waals surface area contributed by atoms with Gasteiger partial charge in [-0.05, 0) is 29.3 Å². The summed E-state index contributed by atoms with van der Waals surface area (Å²) in [6.45, 7) is 4.35. The molecule has 0 heterocycles. The van der Waals surface area contributed by atoms with Gasteiger partial charge < -0.3 is 4.74 Å². The Hall–Kier alpha value is -2.25. The van der Waals surface area contributed by atoms with E-state index in [-0.39, 0.29) is 5.41 Å². The molecule has 2 heteroatoms. The topological polar surface area (TPSA) is 9.23 Å². The molecule has 3 rings (SSSR count).